The van der Waals surface area contributed by atoms with Gasteiger partial charge in [-0.05, 0) is 75.8 Å². The maximum atomic E-state index is 8.80. The van der Waals surface area contributed by atoms with E-state index in [1.165, 1.54) is 0 Å². The van der Waals surface area contributed by atoms with Gasteiger partial charge in [0.2, 0.25) is 0 Å². The Bertz CT molecular complexity index is 930. The van der Waals surface area contributed by atoms with Crippen LogP contribution in [0.5, 0.6) is 5.75 Å². The number of nitrogens with one attached hydrogen (secondary N) is 1. The predicted molar refractivity (Wildman–Crippen MR) is 151 cm³/mol. The van der Waals surface area contributed by atoms with Crippen LogP contribution in [0.25, 0.3) is 11.1 Å². The van der Waals surface area contributed by atoms with Crippen molar-refractivity contribution in [3.8, 4) is 28.7 Å². The molecule has 2 fully saturated rings. The molecule has 0 radical (unpaired) electrons. The summed E-state index contributed by atoms with van der Waals surface area (Å²) >= 11 is 1.75. The molecular weight excluding hydrogens is 472 g/mol. The SMILES string of the molecule is CC1(C)OCC(CN2CC(Oc3ccc(-c4ccc(C#CCCO)cc4)cc3)C2)O1.CNC.CSC. The molecule has 0 aromatic heterocycles. The van der Waals surface area contributed by atoms with Gasteiger partial charge in [-0.25, -0.2) is 0 Å². The van der Waals surface area contributed by atoms with E-state index in [4.69, 9.17) is 19.3 Å². The number of benzene rings is 2. The molecule has 4 rings (SSSR count). The number of hydrogen-bond acceptors (Lipinski definition) is 7. The average Bonchev–Trinajstić information content (AvgIpc) is 3.18. The Balaban J connectivity index is 0.000000693. The summed E-state index contributed by atoms with van der Waals surface area (Å²) in [4.78, 5) is 2.35. The van der Waals surface area contributed by atoms with Gasteiger partial charge in [-0.3, -0.25) is 4.90 Å². The molecule has 0 aliphatic carbocycles. The number of aliphatic hydroxyl groups excluding tert-OH is 1. The number of nitrogens with zero attached hydrogens (tertiary/aromatic N) is 1. The summed E-state index contributed by atoms with van der Waals surface area (Å²) in [5.74, 6) is 6.43. The molecule has 6 nitrogen and oxygen atoms in total. The van der Waals surface area contributed by atoms with Crippen molar-refractivity contribution in [1.82, 2.24) is 10.2 Å². The molecule has 0 bridgehead atoms. The van der Waals surface area contributed by atoms with Gasteiger partial charge in [-0.15, -0.1) is 0 Å². The normalized spacial score (nSPS) is 18.5. The van der Waals surface area contributed by atoms with Crippen LogP contribution < -0.4 is 10.1 Å². The lowest BCUT2D eigenvalue weighted by molar-refractivity contribution is -0.143. The molecule has 2 aromatic rings. The lowest BCUT2D eigenvalue weighted by atomic mass is 10.0. The van der Waals surface area contributed by atoms with Crippen LogP contribution in [-0.2, 0) is 9.47 Å². The zero-order valence-corrected chi connectivity index (χ0v) is 23.4. The summed E-state index contributed by atoms with van der Waals surface area (Å²) < 4.78 is 17.6. The minimum absolute atomic E-state index is 0.0978. The highest BCUT2D eigenvalue weighted by Gasteiger charge is 2.37. The van der Waals surface area contributed by atoms with Crippen molar-refractivity contribution < 1.29 is 19.3 Å². The fraction of sp³-hybridized carbons (Fsp3) is 0.517. The van der Waals surface area contributed by atoms with Crippen molar-refractivity contribution in [3.05, 3.63) is 54.1 Å². The Labute approximate surface area is 221 Å². The molecule has 2 aromatic carbocycles. The third kappa shape index (κ3) is 10.5. The molecule has 1 atom stereocenters. The first-order valence-corrected chi connectivity index (χ1v) is 14.0. The molecule has 36 heavy (non-hydrogen) atoms. The van der Waals surface area contributed by atoms with E-state index in [2.05, 4.69) is 46.3 Å². The molecule has 2 N–H and O–H groups in total. The number of hydrogen-bond donors (Lipinski definition) is 2. The van der Waals surface area contributed by atoms with Crippen molar-refractivity contribution in [2.75, 3.05) is 59.5 Å². The summed E-state index contributed by atoms with van der Waals surface area (Å²) in [6.45, 7) is 7.40. The lowest BCUT2D eigenvalue weighted by Crippen LogP contribution is -2.56. The lowest BCUT2D eigenvalue weighted by Gasteiger charge is -2.40. The van der Waals surface area contributed by atoms with E-state index in [0.29, 0.717) is 13.0 Å². The fourth-order valence-electron chi connectivity index (χ4n) is 3.77. The van der Waals surface area contributed by atoms with Crippen molar-refractivity contribution in [1.29, 1.82) is 0 Å². The van der Waals surface area contributed by atoms with Gasteiger partial charge in [-0.2, -0.15) is 11.8 Å². The molecule has 1 unspecified atom stereocenters. The Kier molecular flexibility index (Phi) is 13.4. The van der Waals surface area contributed by atoms with Crippen LogP contribution in [-0.4, -0.2) is 87.5 Å². The minimum atomic E-state index is -0.458. The van der Waals surface area contributed by atoms with Gasteiger partial charge in [0.05, 0.1) is 19.3 Å². The monoisotopic (exact) mass is 514 g/mol. The highest BCUT2D eigenvalue weighted by molar-refractivity contribution is 7.97. The van der Waals surface area contributed by atoms with E-state index >= 15 is 0 Å². The first kappa shape index (κ1) is 30.2. The quantitative estimate of drug-likeness (QED) is 0.563. The Hall–Kier alpha value is -2.05. The number of ether oxygens (including phenoxy) is 3. The molecule has 2 saturated heterocycles. The summed E-state index contributed by atoms with van der Waals surface area (Å²) in [7, 11) is 3.75. The smallest absolute Gasteiger partial charge is 0.163 e. The Morgan fingerprint density at radius 3 is 2.11 bits per heavy atom. The third-order valence-corrected chi connectivity index (χ3v) is 5.30. The maximum Gasteiger partial charge on any atom is 0.163 e. The molecule has 0 amide bonds. The fourth-order valence-corrected chi connectivity index (χ4v) is 3.77. The van der Waals surface area contributed by atoms with Crippen LogP contribution >= 0.6 is 11.8 Å². The van der Waals surface area contributed by atoms with Crippen molar-refractivity contribution >= 4 is 11.8 Å². The molecule has 7 heteroatoms. The number of rotatable bonds is 6. The number of aliphatic hydroxyl groups is 1. The van der Waals surface area contributed by atoms with Gasteiger partial charge in [0.25, 0.3) is 0 Å². The molecule has 2 aliphatic rings. The zero-order chi connectivity index (χ0) is 26.4. The van der Waals surface area contributed by atoms with Gasteiger partial charge in [0, 0.05) is 31.6 Å². The molecular formula is C29H42N2O4S. The Morgan fingerprint density at radius 2 is 1.61 bits per heavy atom. The van der Waals surface area contributed by atoms with Crippen LogP contribution in [0, 0.1) is 11.8 Å². The maximum absolute atomic E-state index is 8.80. The van der Waals surface area contributed by atoms with Gasteiger partial charge >= 0.3 is 0 Å². The van der Waals surface area contributed by atoms with Crippen LogP contribution in [0.2, 0.25) is 0 Å². The standard InChI is InChI=1S/C25H29NO4.C2H7N.C2H6S/c1-25(2)28-18-24(30-25)17-26-15-23(16-26)29-22-12-10-21(11-13-22)20-8-6-19(7-9-20)5-3-4-14-27;2*1-3-2/h6-13,23-24,27H,4,14-18H2,1-2H3;3H,1-2H3;1-2H3. The van der Waals surface area contributed by atoms with E-state index < -0.39 is 5.79 Å². The van der Waals surface area contributed by atoms with Crippen LogP contribution in [0.15, 0.2) is 48.5 Å². The van der Waals surface area contributed by atoms with Gasteiger partial charge in [0.1, 0.15) is 11.9 Å². The van der Waals surface area contributed by atoms with E-state index in [1.807, 2.05) is 64.7 Å². The topological polar surface area (TPSA) is 63.2 Å². The minimum Gasteiger partial charge on any atom is -0.488 e. The first-order valence-electron chi connectivity index (χ1n) is 12.3. The van der Waals surface area contributed by atoms with E-state index in [0.717, 1.165) is 42.1 Å². The van der Waals surface area contributed by atoms with Crippen molar-refractivity contribution in [2.24, 2.45) is 0 Å². The van der Waals surface area contributed by atoms with Crippen molar-refractivity contribution in [3.63, 3.8) is 0 Å². The second kappa shape index (κ2) is 15.9. The molecule has 198 valence electrons. The highest BCUT2D eigenvalue weighted by Crippen LogP contribution is 2.26. The first-order chi connectivity index (χ1) is 17.3. The largest absolute Gasteiger partial charge is 0.488 e. The summed E-state index contributed by atoms with van der Waals surface area (Å²) in [5.41, 5.74) is 3.25. The van der Waals surface area contributed by atoms with Gasteiger partial charge < -0.3 is 24.6 Å². The van der Waals surface area contributed by atoms with Gasteiger partial charge in [-0.1, -0.05) is 36.1 Å². The van der Waals surface area contributed by atoms with E-state index in [9.17, 15) is 0 Å². The number of thioether (sulfide) groups is 1. The predicted octanol–water partition coefficient (Wildman–Crippen LogP) is 4.12. The second-order valence-electron chi connectivity index (χ2n) is 9.19. The summed E-state index contributed by atoms with van der Waals surface area (Å²) in [6, 6.07) is 16.4. The Morgan fingerprint density at radius 1 is 1.06 bits per heavy atom. The average molecular weight is 515 g/mol. The van der Waals surface area contributed by atoms with Crippen LogP contribution in [0.4, 0.5) is 0 Å². The van der Waals surface area contributed by atoms with E-state index in [-0.39, 0.29) is 18.8 Å². The zero-order valence-electron chi connectivity index (χ0n) is 22.5. The molecule has 0 saturated carbocycles. The summed E-state index contributed by atoms with van der Waals surface area (Å²) in [5, 5.41) is 11.5. The van der Waals surface area contributed by atoms with E-state index in [1.54, 1.807) is 11.8 Å². The third-order valence-electron chi connectivity index (χ3n) is 5.30. The van der Waals surface area contributed by atoms with Crippen LogP contribution in [0.1, 0.15) is 25.8 Å². The molecule has 0 spiro atoms. The van der Waals surface area contributed by atoms with Gasteiger partial charge in [0.15, 0.2) is 5.79 Å². The number of likely N-dealkylation sites (tertiary alicyclic amines) is 1. The second-order valence-corrected chi connectivity index (χ2v) is 10.0. The molecule has 2 aliphatic heterocycles. The highest BCUT2D eigenvalue weighted by atomic mass is 32.2. The van der Waals surface area contributed by atoms with Crippen LogP contribution in [0.3, 0.4) is 0 Å². The summed E-state index contributed by atoms with van der Waals surface area (Å²) in [6.07, 6.45) is 4.96. The van der Waals surface area contributed by atoms with Crippen molar-refractivity contribution in [2.45, 2.75) is 38.3 Å². The molecule has 2 heterocycles.